The molecule has 0 saturated heterocycles. The van der Waals surface area contributed by atoms with Gasteiger partial charge in [-0.3, -0.25) is 4.79 Å². The second-order valence-electron chi connectivity index (χ2n) is 5.04. The molecule has 2 aromatic carbocycles. The van der Waals surface area contributed by atoms with Gasteiger partial charge in [-0.25, -0.2) is 0 Å². The fourth-order valence-corrected chi connectivity index (χ4v) is 3.78. The zero-order valence-corrected chi connectivity index (χ0v) is 15.0. The Bertz CT molecular complexity index is 694. The summed E-state index contributed by atoms with van der Waals surface area (Å²) in [4.78, 5) is 11.5. The summed E-state index contributed by atoms with van der Waals surface area (Å²) in [7, 11) is 1.63. The lowest BCUT2D eigenvalue weighted by Gasteiger charge is -2.21. The smallest absolute Gasteiger partial charge is 0.229 e. The fourth-order valence-electron chi connectivity index (χ4n) is 2.29. The van der Waals surface area contributed by atoms with Gasteiger partial charge >= 0.3 is 0 Å². The predicted molar refractivity (Wildman–Crippen MR) is 101 cm³/mol. The molecule has 0 radical (unpaired) electrons. The lowest BCUT2D eigenvalue weighted by atomic mass is 9.91. The largest absolute Gasteiger partial charge is 0.398 e. The van der Waals surface area contributed by atoms with E-state index in [4.69, 9.17) is 28.9 Å². The molecule has 122 valence electrons. The summed E-state index contributed by atoms with van der Waals surface area (Å²) in [5, 5.41) is 3.92. The Hall–Kier alpha value is -1.36. The minimum absolute atomic E-state index is 0.00743. The highest BCUT2D eigenvalue weighted by atomic mass is 35.5. The van der Waals surface area contributed by atoms with Crippen LogP contribution in [0.1, 0.15) is 17.0 Å². The first-order valence-corrected chi connectivity index (χ1v) is 9.01. The molecule has 2 aromatic rings. The maximum Gasteiger partial charge on any atom is 0.229 e. The lowest BCUT2D eigenvalue weighted by Crippen LogP contribution is -2.20. The molecular weight excluding hydrogens is 351 g/mol. The van der Waals surface area contributed by atoms with Crippen LogP contribution < -0.4 is 11.1 Å². The molecular formula is C17H18Cl2N2OS. The Morgan fingerprint density at radius 3 is 2.65 bits per heavy atom. The van der Waals surface area contributed by atoms with Gasteiger partial charge in [0.25, 0.3) is 0 Å². The first kappa shape index (κ1) is 18.0. The lowest BCUT2D eigenvalue weighted by molar-refractivity contribution is -0.118. The molecule has 0 heterocycles. The van der Waals surface area contributed by atoms with Crippen molar-refractivity contribution in [3.63, 3.8) is 0 Å². The van der Waals surface area contributed by atoms with Gasteiger partial charge in [-0.05, 0) is 35.4 Å². The van der Waals surface area contributed by atoms with E-state index >= 15 is 0 Å². The Morgan fingerprint density at radius 1 is 1.22 bits per heavy atom. The number of halogens is 2. The van der Waals surface area contributed by atoms with Crippen LogP contribution in [0.5, 0.6) is 0 Å². The van der Waals surface area contributed by atoms with Gasteiger partial charge in [0.05, 0.1) is 5.75 Å². The molecule has 0 spiro atoms. The van der Waals surface area contributed by atoms with Crippen molar-refractivity contribution in [1.29, 1.82) is 0 Å². The monoisotopic (exact) mass is 368 g/mol. The van der Waals surface area contributed by atoms with E-state index in [0.29, 0.717) is 27.2 Å². The third-order valence-electron chi connectivity index (χ3n) is 3.50. The van der Waals surface area contributed by atoms with Crippen LogP contribution >= 0.6 is 35.0 Å². The van der Waals surface area contributed by atoms with E-state index in [1.807, 2.05) is 30.3 Å². The highest BCUT2D eigenvalue weighted by Gasteiger charge is 2.20. The third-order valence-corrected chi connectivity index (χ3v) is 5.12. The van der Waals surface area contributed by atoms with Gasteiger partial charge in [0.15, 0.2) is 0 Å². The number of amides is 1. The maximum atomic E-state index is 11.5. The topological polar surface area (TPSA) is 55.1 Å². The van der Waals surface area contributed by atoms with Crippen molar-refractivity contribution in [2.75, 3.05) is 24.3 Å². The number of nitrogens with one attached hydrogen (secondary N) is 1. The van der Waals surface area contributed by atoms with E-state index in [9.17, 15) is 4.79 Å². The Balaban J connectivity index is 2.33. The van der Waals surface area contributed by atoms with Crippen LogP contribution in [-0.2, 0) is 4.79 Å². The molecule has 0 saturated carbocycles. The van der Waals surface area contributed by atoms with E-state index in [0.717, 1.165) is 11.1 Å². The number of carbonyl (C=O) groups excluding carboxylic acids is 1. The average molecular weight is 369 g/mol. The number of hydrogen-bond donors (Lipinski definition) is 2. The van der Waals surface area contributed by atoms with Gasteiger partial charge in [-0.2, -0.15) is 11.8 Å². The van der Waals surface area contributed by atoms with Gasteiger partial charge in [0, 0.05) is 34.5 Å². The van der Waals surface area contributed by atoms with Crippen molar-refractivity contribution in [2.45, 2.75) is 5.92 Å². The number of hydrogen-bond acceptors (Lipinski definition) is 3. The van der Waals surface area contributed by atoms with Crippen LogP contribution in [0.4, 0.5) is 5.69 Å². The zero-order valence-electron chi connectivity index (χ0n) is 12.7. The van der Waals surface area contributed by atoms with Crippen LogP contribution in [0, 0.1) is 0 Å². The quantitative estimate of drug-likeness (QED) is 0.751. The first-order valence-electron chi connectivity index (χ1n) is 7.10. The molecule has 0 aromatic heterocycles. The molecule has 6 heteroatoms. The molecule has 1 atom stereocenters. The normalized spacial score (nSPS) is 12.0. The summed E-state index contributed by atoms with van der Waals surface area (Å²) in [6.45, 7) is 0. The number of benzene rings is 2. The summed E-state index contributed by atoms with van der Waals surface area (Å²) in [5.41, 5.74) is 8.72. The Labute approximate surface area is 150 Å². The molecule has 2 rings (SSSR count). The molecule has 0 aliphatic heterocycles. The van der Waals surface area contributed by atoms with Crippen molar-refractivity contribution in [3.8, 4) is 0 Å². The van der Waals surface area contributed by atoms with E-state index in [1.54, 1.807) is 19.2 Å². The molecule has 1 unspecified atom stereocenters. The highest BCUT2D eigenvalue weighted by molar-refractivity contribution is 7.99. The van der Waals surface area contributed by atoms with Crippen LogP contribution in [0.2, 0.25) is 10.0 Å². The second-order valence-corrected chi connectivity index (χ2v) is 6.91. The van der Waals surface area contributed by atoms with E-state index in [-0.39, 0.29) is 11.8 Å². The van der Waals surface area contributed by atoms with Gasteiger partial charge in [0.1, 0.15) is 0 Å². The van der Waals surface area contributed by atoms with E-state index in [1.165, 1.54) is 11.8 Å². The number of nitrogens with two attached hydrogens (primary N) is 1. The van der Waals surface area contributed by atoms with E-state index in [2.05, 4.69) is 5.32 Å². The fraction of sp³-hybridized carbons (Fsp3) is 0.235. The van der Waals surface area contributed by atoms with Gasteiger partial charge in [-0.1, -0.05) is 41.4 Å². The summed E-state index contributed by atoms with van der Waals surface area (Å²) < 4.78 is 0. The van der Waals surface area contributed by atoms with Crippen molar-refractivity contribution < 1.29 is 4.79 Å². The minimum Gasteiger partial charge on any atom is -0.398 e. The van der Waals surface area contributed by atoms with Crippen molar-refractivity contribution in [1.82, 2.24) is 5.32 Å². The van der Waals surface area contributed by atoms with Gasteiger partial charge in [0.2, 0.25) is 5.91 Å². The van der Waals surface area contributed by atoms with Crippen LogP contribution in [-0.4, -0.2) is 24.5 Å². The molecule has 0 bridgehead atoms. The summed E-state index contributed by atoms with van der Waals surface area (Å²) >= 11 is 14.0. The van der Waals surface area contributed by atoms with Crippen LogP contribution in [0.15, 0.2) is 42.5 Å². The summed E-state index contributed by atoms with van der Waals surface area (Å²) in [6.07, 6.45) is 0. The molecule has 3 nitrogen and oxygen atoms in total. The van der Waals surface area contributed by atoms with E-state index < -0.39 is 0 Å². The number of nitrogen functional groups attached to an aromatic ring is 1. The van der Waals surface area contributed by atoms with Crippen molar-refractivity contribution in [2.24, 2.45) is 0 Å². The molecule has 0 aliphatic rings. The average Bonchev–Trinajstić information content (AvgIpc) is 2.55. The van der Waals surface area contributed by atoms with Gasteiger partial charge in [-0.15, -0.1) is 0 Å². The molecule has 3 N–H and O–H groups in total. The summed E-state index contributed by atoms with van der Waals surface area (Å²) in [6, 6.07) is 13.1. The molecule has 23 heavy (non-hydrogen) atoms. The Morgan fingerprint density at radius 2 is 1.96 bits per heavy atom. The molecule has 1 amide bonds. The van der Waals surface area contributed by atoms with Crippen LogP contribution in [0.25, 0.3) is 0 Å². The standard InChI is InChI=1S/C17H18Cl2N2OS/c1-21-17(22)10-23-9-14(12-4-2-3-5-15(12)19)13-8-11(18)6-7-16(13)20/h2-8,14H,9-10,20H2,1H3,(H,21,22). The van der Waals surface area contributed by atoms with Crippen molar-refractivity contribution >= 4 is 46.6 Å². The minimum atomic E-state index is -0.0305. The predicted octanol–water partition coefficient (Wildman–Crippen LogP) is 4.19. The number of thioether (sulfide) groups is 1. The highest BCUT2D eigenvalue weighted by Crippen LogP contribution is 2.36. The second kappa shape index (κ2) is 8.48. The van der Waals surface area contributed by atoms with Crippen molar-refractivity contribution in [3.05, 3.63) is 63.6 Å². The SMILES string of the molecule is CNC(=O)CSCC(c1cc(Cl)ccc1N)c1ccccc1Cl. The zero-order chi connectivity index (χ0) is 16.8. The number of anilines is 1. The third kappa shape index (κ3) is 4.80. The number of carbonyl (C=O) groups is 1. The number of rotatable bonds is 6. The van der Waals surface area contributed by atoms with Gasteiger partial charge < -0.3 is 11.1 Å². The first-order chi connectivity index (χ1) is 11.0. The Kier molecular flexibility index (Phi) is 6.63. The summed E-state index contributed by atoms with van der Waals surface area (Å²) in [5.74, 6) is 1.03. The maximum absolute atomic E-state index is 11.5. The van der Waals surface area contributed by atoms with Crippen LogP contribution in [0.3, 0.4) is 0 Å². The molecule has 0 aliphatic carbocycles. The molecule has 0 fully saturated rings.